The fourth-order valence-corrected chi connectivity index (χ4v) is 3.57. The first-order chi connectivity index (χ1) is 10.4. The van der Waals surface area contributed by atoms with Gasteiger partial charge in [0.2, 0.25) is 0 Å². The van der Waals surface area contributed by atoms with Crippen molar-refractivity contribution in [3.8, 4) is 0 Å². The molecule has 1 aliphatic heterocycles. The molecule has 1 heterocycles. The first-order valence-corrected chi connectivity index (χ1v) is 8.94. The third kappa shape index (κ3) is 3.58. The lowest BCUT2D eigenvalue weighted by Crippen LogP contribution is -2.42. The second-order valence-electron chi connectivity index (χ2n) is 6.54. The Labute approximate surface area is 136 Å². The predicted octanol–water partition coefficient (Wildman–Crippen LogP) is 3.45. The zero-order chi connectivity index (χ0) is 16.3. The van der Waals surface area contributed by atoms with Gasteiger partial charge in [-0.05, 0) is 58.1 Å². The lowest BCUT2D eigenvalue weighted by atomic mass is 9.78. The largest absolute Gasteiger partial charge is 0.592 e. The first kappa shape index (κ1) is 17.2. The van der Waals surface area contributed by atoms with Gasteiger partial charge < -0.3 is 9.29 Å². The molecule has 1 unspecified atom stereocenters. The van der Waals surface area contributed by atoms with Crippen molar-refractivity contribution in [2.45, 2.75) is 51.7 Å². The number of allylic oxidation sites excluding steroid dienone is 4. The number of carbonyl (C=O) groups is 1. The third-order valence-corrected chi connectivity index (χ3v) is 5.53. The maximum absolute atomic E-state index is 12.9. The second kappa shape index (κ2) is 6.92. The molecule has 0 spiro atoms. The van der Waals surface area contributed by atoms with Gasteiger partial charge in [0, 0.05) is 0 Å². The molecule has 0 radical (unpaired) electrons. The van der Waals surface area contributed by atoms with E-state index in [1.165, 1.54) is 6.42 Å². The van der Waals surface area contributed by atoms with Gasteiger partial charge in [0.25, 0.3) is 0 Å². The Morgan fingerprint density at radius 2 is 2.09 bits per heavy atom. The Kier molecular flexibility index (Phi) is 5.40. The lowest BCUT2D eigenvalue weighted by molar-refractivity contribution is -0.139. The van der Waals surface area contributed by atoms with Gasteiger partial charge in [0.15, 0.2) is 5.70 Å². The van der Waals surface area contributed by atoms with Gasteiger partial charge >= 0.3 is 5.97 Å². The molecule has 0 N–H and O–H groups in total. The molecule has 1 atom stereocenters. The average molecular weight is 323 g/mol. The van der Waals surface area contributed by atoms with E-state index in [0.29, 0.717) is 18.2 Å². The topological polar surface area (TPSA) is 52.6 Å². The van der Waals surface area contributed by atoms with Crippen LogP contribution in [0.3, 0.4) is 0 Å². The van der Waals surface area contributed by atoms with Crippen molar-refractivity contribution < 1.29 is 14.1 Å². The summed E-state index contributed by atoms with van der Waals surface area (Å²) in [4.78, 5) is 12.5. The fraction of sp³-hybridized carbons (Fsp3) is 0.588. The number of carbonyl (C=O) groups excluding carboxylic acids is 1. The van der Waals surface area contributed by atoms with E-state index in [1.807, 2.05) is 39.0 Å². The molecule has 4 nitrogen and oxygen atoms in total. The van der Waals surface area contributed by atoms with Crippen LogP contribution in [0, 0.1) is 5.92 Å². The standard InChI is InChI=1S/C17H25NO3S/c1-5-21-16(19)15-14(13-9-8-10-13)11-6-7-12-18(15)22(20)17(2,3)4/h6-7,11-13H,5,8-10H2,1-4H3. The maximum atomic E-state index is 12.9. The van der Waals surface area contributed by atoms with Crippen molar-refractivity contribution in [2.24, 2.45) is 5.92 Å². The monoisotopic (exact) mass is 323 g/mol. The number of esters is 1. The Morgan fingerprint density at radius 3 is 2.59 bits per heavy atom. The minimum Gasteiger partial charge on any atom is -0.592 e. The smallest absolute Gasteiger partial charge is 0.359 e. The van der Waals surface area contributed by atoms with Gasteiger partial charge in [-0.3, -0.25) is 0 Å². The number of hydrogen-bond acceptors (Lipinski definition) is 4. The molecule has 2 aliphatic rings. The van der Waals surface area contributed by atoms with Crippen molar-refractivity contribution in [1.29, 1.82) is 0 Å². The Bertz CT molecular complexity index is 512. The summed E-state index contributed by atoms with van der Waals surface area (Å²) in [5.74, 6) is -0.0341. The van der Waals surface area contributed by atoms with E-state index < -0.39 is 22.1 Å². The summed E-state index contributed by atoms with van der Waals surface area (Å²) in [7, 11) is 0. The molecule has 0 aromatic rings. The fourth-order valence-electron chi connectivity index (χ4n) is 2.46. The molecule has 122 valence electrons. The molecule has 22 heavy (non-hydrogen) atoms. The van der Waals surface area contributed by atoms with Crippen molar-refractivity contribution in [3.63, 3.8) is 0 Å². The van der Waals surface area contributed by atoms with Crippen LogP contribution in [0.2, 0.25) is 0 Å². The number of rotatable bonds is 4. The Balaban J connectivity index is 2.46. The summed E-state index contributed by atoms with van der Waals surface area (Å²) in [5, 5.41) is 0. The van der Waals surface area contributed by atoms with Crippen LogP contribution in [-0.4, -0.2) is 26.2 Å². The van der Waals surface area contributed by atoms with Crippen LogP contribution >= 0.6 is 0 Å². The van der Waals surface area contributed by atoms with E-state index >= 15 is 0 Å². The van der Waals surface area contributed by atoms with Crippen molar-refractivity contribution in [1.82, 2.24) is 4.31 Å². The summed E-state index contributed by atoms with van der Waals surface area (Å²) in [6.45, 7) is 7.81. The predicted molar refractivity (Wildman–Crippen MR) is 89.0 cm³/mol. The van der Waals surface area contributed by atoms with Gasteiger partial charge in [0.1, 0.15) is 4.75 Å². The minimum atomic E-state index is -1.36. The Hall–Kier alpha value is -1.20. The highest BCUT2D eigenvalue weighted by Gasteiger charge is 2.39. The van der Waals surface area contributed by atoms with Crippen LogP contribution < -0.4 is 0 Å². The molecule has 0 amide bonds. The minimum absolute atomic E-state index is 0.309. The molecule has 1 fully saturated rings. The van der Waals surface area contributed by atoms with Crippen LogP contribution in [0.25, 0.3) is 0 Å². The molecule has 1 saturated carbocycles. The molecule has 0 aromatic heterocycles. The molecule has 2 rings (SSSR count). The SMILES string of the molecule is CCOC(=O)C1=C(C2CCC2)C=CC=CN1[S+]([O-])C(C)(C)C. The maximum Gasteiger partial charge on any atom is 0.359 e. The third-order valence-electron chi connectivity index (χ3n) is 3.82. The molecular weight excluding hydrogens is 298 g/mol. The van der Waals surface area contributed by atoms with E-state index in [0.717, 1.165) is 18.4 Å². The van der Waals surface area contributed by atoms with Crippen LogP contribution in [0.5, 0.6) is 0 Å². The molecule has 1 aliphatic carbocycles. The van der Waals surface area contributed by atoms with Gasteiger partial charge in [-0.15, -0.1) is 0 Å². The van der Waals surface area contributed by atoms with Crippen molar-refractivity contribution >= 4 is 17.3 Å². The summed E-state index contributed by atoms with van der Waals surface area (Å²) in [6, 6.07) is 0. The molecule has 0 bridgehead atoms. The van der Waals surface area contributed by atoms with Crippen LogP contribution in [0.4, 0.5) is 0 Å². The second-order valence-corrected chi connectivity index (χ2v) is 8.66. The van der Waals surface area contributed by atoms with Gasteiger partial charge in [-0.25, -0.2) is 4.79 Å². The first-order valence-electron chi connectivity index (χ1n) is 7.83. The van der Waals surface area contributed by atoms with Gasteiger partial charge in [0.05, 0.1) is 24.2 Å². The van der Waals surface area contributed by atoms with Crippen molar-refractivity contribution in [3.05, 3.63) is 35.7 Å². The highest BCUT2D eigenvalue weighted by molar-refractivity contribution is 7.90. The summed E-state index contributed by atoms with van der Waals surface area (Å²) >= 11 is -1.36. The van der Waals surface area contributed by atoms with E-state index in [-0.39, 0.29) is 0 Å². The van der Waals surface area contributed by atoms with E-state index in [9.17, 15) is 9.35 Å². The molecule has 5 heteroatoms. The summed E-state index contributed by atoms with van der Waals surface area (Å²) in [6.07, 6.45) is 10.7. The Morgan fingerprint density at radius 1 is 1.41 bits per heavy atom. The molecule has 0 aromatic carbocycles. The highest BCUT2D eigenvalue weighted by Crippen LogP contribution is 2.39. The zero-order valence-corrected chi connectivity index (χ0v) is 14.6. The van der Waals surface area contributed by atoms with E-state index in [1.54, 1.807) is 17.4 Å². The summed E-state index contributed by atoms with van der Waals surface area (Å²) < 4.78 is 19.2. The van der Waals surface area contributed by atoms with E-state index in [4.69, 9.17) is 4.74 Å². The summed E-state index contributed by atoms with van der Waals surface area (Å²) in [5.41, 5.74) is 1.39. The normalized spacial score (nSPS) is 20.7. The van der Waals surface area contributed by atoms with Gasteiger partial charge in [-0.1, -0.05) is 18.6 Å². The lowest BCUT2D eigenvalue weighted by Gasteiger charge is -2.34. The molecule has 0 saturated heterocycles. The number of nitrogens with zero attached hydrogens (tertiary/aromatic N) is 1. The van der Waals surface area contributed by atoms with Crippen molar-refractivity contribution in [2.75, 3.05) is 6.61 Å². The van der Waals surface area contributed by atoms with Crippen LogP contribution in [-0.2, 0) is 20.9 Å². The number of hydrogen-bond donors (Lipinski definition) is 0. The van der Waals surface area contributed by atoms with E-state index in [2.05, 4.69) is 0 Å². The van der Waals surface area contributed by atoms with Crippen LogP contribution in [0.1, 0.15) is 47.0 Å². The quantitative estimate of drug-likeness (QED) is 0.587. The average Bonchev–Trinajstić information content (AvgIpc) is 2.58. The van der Waals surface area contributed by atoms with Crippen LogP contribution in [0.15, 0.2) is 35.7 Å². The number of ether oxygens (including phenoxy) is 1. The van der Waals surface area contributed by atoms with Gasteiger partial charge in [-0.2, -0.15) is 4.31 Å². The molecular formula is C17H25NO3S. The zero-order valence-electron chi connectivity index (χ0n) is 13.8. The highest BCUT2D eigenvalue weighted by atomic mass is 32.2.